The van der Waals surface area contributed by atoms with Gasteiger partial charge in [-0.25, -0.2) is 0 Å². The molecule has 1 saturated carbocycles. The van der Waals surface area contributed by atoms with E-state index in [1.54, 1.807) is 0 Å². The third-order valence-electron chi connectivity index (χ3n) is 5.82. The zero-order valence-electron chi connectivity index (χ0n) is 15.6. The van der Waals surface area contributed by atoms with E-state index >= 15 is 0 Å². The Hall–Kier alpha value is -1.32. The Morgan fingerprint density at radius 3 is 2.42 bits per heavy atom. The predicted molar refractivity (Wildman–Crippen MR) is 110 cm³/mol. The summed E-state index contributed by atoms with van der Waals surface area (Å²) >= 11 is 0. The van der Waals surface area contributed by atoms with Crippen LogP contribution in [0.15, 0.2) is 36.4 Å². The van der Waals surface area contributed by atoms with Crippen LogP contribution in [-0.4, -0.2) is 35.6 Å². The van der Waals surface area contributed by atoms with Gasteiger partial charge in [-0.1, -0.05) is 55.7 Å². The number of rotatable bonds is 6. The molecule has 0 radical (unpaired) electrons. The van der Waals surface area contributed by atoms with Crippen LogP contribution in [0.25, 0.3) is 5.57 Å². The number of nitrogens with zero attached hydrogens (tertiary/aromatic N) is 1. The predicted octanol–water partition coefficient (Wildman–Crippen LogP) is 5.26. The molecule has 1 unspecified atom stereocenters. The van der Waals surface area contributed by atoms with Gasteiger partial charge in [-0.3, -0.25) is 4.79 Å². The molecule has 0 amide bonds. The molecule has 1 aliphatic carbocycles. The SMILES string of the molecule is Cl.O=C(O)C1CCCN(CCC=C(c2ccccc2)C2CCCCC2)C1. The van der Waals surface area contributed by atoms with Crippen LogP contribution < -0.4 is 0 Å². The van der Waals surface area contributed by atoms with Gasteiger partial charge in [0.1, 0.15) is 0 Å². The molecule has 3 rings (SSSR count). The van der Waals surface area contributed by atoms with Gasteiger partial charge in [0, 0.05) is 13.1 Å². The van der Waals surface area contributed by atoms with Crippen molar-refractivity contribution in [2.45, 2.75) is 51.4 Å². The molecule has 1 aliphatic heterocycles. The number of carboxylic acid groups (broad SMARTS) is 1. The van der Waals surface area contributed by atoms with Crippen LogP contribution in [-0.2, 0) is 4.79 Å². The van der Waals surface area contributed by atoms with Gasteiger partial charge >= 0.3 is 5.97 Å². The second-order valence-electron chi connectivity index (χ2n) is 7.63. The molecule has 0 bridgehead atoms. The molecular weight excluding hydrogens is 346 g/mol. The number of halogens is 1. The molecule has 1 aromatic carbocycles. The van der Waals surface area contributed by atoms with Crippen molar-refractivity contribution < 1.29 is 9.90 Å². The topological polar surface area (TPSA) is 40.5 Å². The summed E-state index contributed by atoms with van der Waals surface area (Å²) in [6, 6.07) is 10.8. The fourth-order valence-corrected chi connectivity index (χ4v) is 4.43. The summed E-state index contributed by atoms with van der Waals surface area (Å²) in [5.41, 5.74) is 2.89. The highest BCUT2D eigenvalue weighted by molar-refractivity contribution is 5.85. The Balaban J connectivity index is 0.00000243. The molecule has 1 heterocycles. The van der Waals surface area contributed by atoms with Crippen LogP contribution >= 0.6 is 12.4 Å². The molecule has 0 aromatic heterocycles. The van der Waals surface area contributed by atoms with E-state index < -0.39 is 5.97 Å². The zero-order chi connectivity index (χ0) is 17.5. The Morgan fingerprint density at radius 1 is 1.04 bits per heavy atom. The maximum Gasteiger partial charge on any atom is 0.307 e. The third-order valence-corrected chi connectivity index (χ3v) is 5.82. The Kier molecular flexibility index (Phi) is 8.67. The zero-order valence-corrected chi connectivity index (χ0v) is 16.4. The molecule has 1 atom stereocenters. The first-order chi connectivity index (χ1) is 12.2. The standard InChI is InChI=1S/C22H31NO2.ClH/c24-22(25)20-13-7-15-23(17-20)16-8-14-21(18-9-3-1-4-10-18)19-11-5-2-6-12-19;/h1,3-4,9-10,14,19-20H,2,5-8,11-13,15-17H2,(H,24,25);1H. The number of aliphatic carboxylic acids is 1. The molecule has 2 fully saturated rings. The average molecular weight is 378 g/mol. The summed E-state index contributed by atoms with van der Waals surface area (Å²) in [4.78, 5) is 13.6. The minimum Gasteiger partial charge on any atom is -0.481 e. The van der Waals surface area contributed by atoms with Gasteiger partial charge in [0.05, 0.1) is 5.92 Å². The molecule has 1 N–H and O–H groups in total. The molecule has 144 valence electrons. The molecule has 1 saturated heterocycles. The van der Waals surface area contributed by atoms with Crippen molar-refractivity contribution in [1.29, 1.82) is 0 Å². The highest BCUT2D eigenvalue weighted by Crippen LogP contribution is 2.35. The van der Waals surface area contributed by atoms with Gasteiger partial charge in [-0.05, 0) is 55.7 Å². The van der Waals surface area contributed by atoms with Crippen molar-refractivity contribution in [1.82, 2.24) is 4.90 Å². The largest absolute Gasteiger partial charge is 0.481 e. The Labute approximate surface area is 163 Å². The van der Waals surface area contributed by atoms with Crippen LogP contribution in [0.5, 0.6) is 0 Å². The summed E-state index contributed by atoms with van der Waals surface area (Å²) < 4.78 is 0. The third kappa shape index (κ3) is 5.85. The highest BCUT2D eigenvalue weighted by atomic mass is 35.5. The molecule has 0 spiro atoms. The fourth-order valence-electron chi connectivity index (χ4n) is 4.43. The van der Waals surface area contributed by atoms with E-state index in [-0.39, 0.29) is 18.3 Å². The lowest BCUT2D eigenvalue weighted by Gasteiger charge is -2.30. The van der Waals surface area contributed by atoms with E-state index in [9.17, 15) is 9.90 Å². The van der Waals surface area contributed by atoms with E-state index in [1.165, 1.54) is 43.2 Å². The smallest absolute Gasteiger partial charge is 0.307 e. The molecule has 2 aliphatic rings. The molecule has 1 aromatic rings. The van der Waals surface area contributed by atoms with Gasteiger partial charge in [-0.2, -0.15) is 0 Å². The first kappa shape index (κ1) is 21.0. The van der Waals surface area contributed by atoms with Crippen molar-refractivity contribution >= 4 is 23.9 Å². The van der Waals surface area contributed by atoms with E-state index in [0.29, 0.717) is 12.5 Å². The summed E-state index contributed by atoms with van der Waals surface area (Å²) in [6.45, 7) is 2.74. The van der Waals surface area contributed by atoms with Gasteiger partial charge in [0.2, 0.25) is 0 Å². The molecular formula is C22H32ClNO2. The highest BCUT2D eigenvalue weighted by Gasteiger charge is 2.25. The van der Waals surface area contributed by atoms with Crippen LogP contribution in [0.1, 0.15) is 56.9 Å². The molecule has 4 heteroatoms. The first-order valence-electron chi connectivity index (χ1n) is 9.94. The fraction of sp³-hybridized carbons (Fsp3) is 0.591. The number of benzene rings is 1. The van der Waals surface area contributed by atoms with E-state index in [4.69, 9.17) is 0 Å². The number of hydrogen-bond acceptors (Lipinski definition) is 2. The maximum absolute atomic E-state index is 11.2. The van der Waals surface area contributed by atoms with Crippen molar-refractivity contribution in [2.24, 2.45) is 11.8 Å². The molecule has 26 heavy (non-hydrogen) atoms. The average Bonchev–Trinajstić information content (AvgIpc) is 2.67. The van der Waals surface area contributed by atoms with Crippen molar-refractivity contribution in [2.75, 3.05) is 19.6 Å². The van der Waals surface area contributed by atoms with Crippen LogP contribution in [0.3, 0.4) is 0 Å². The summed E-state index contributed by atoms with van der Waals surface area (Å²) in [5, 5.41) is 9.25. The number of carboxylic acids is 1. The van der Waals surface area contributed by atoms with Crippen molar-refractivity contribution in [3.05, 3.63) is 42.0 Å². The minimum atomic E-state index is -0.632. The lowest BCUT2D eigenvalue weighted by molar-refractivity contribution is -0.143. The second-order valence-corrected chi connectivity index (χ2v) is 7.63. The van der Waals surface area contributed by atoms with Crippen LogP contribution in [0.2, 0.25) is 0 Å². The summed E-state index contributed by atoms with van der Waals surface area (Å²) in [5.74, 6) is -0.110. The van der Waals surface area contributed by atoms with E-state index in [1.807, 2.05) is 0 Å². The number of allylic oxidation sites excluding steroid dienone is 1. The van der Waals surface area contributed by atoms with Gasteiger partial charge in [0.15, 0.2) is 0 Å². The van der Waals surface area contributed by atoms with Gasteiger partial charge in [0.25, 0.3) is 0 Å². The molecule has 3 nitrogen and oxygen atoms in total. The lowest BCUT2D eigenvalue weighted by atomic mass is 9.80. The van der Waals surface area contributed by atoms with Crippen LogP contribution in [0.4, 0.5) is 0 Å². The second kappa shape index (κ2) is 10.7. The Morgan fingerprint density at radius 2 is 1.73 bits per heavy atom. The summed E-state index contributed by atoms with van der Waals surface area (Å²) in [7, 11) is 0. The van der Waals surface area contributed by atoms with E-state index in [0.717, 1.165) is 32.4 Å². The number of likely N-dealkylation sites (tertiary alicyclic amines) is 1. The lowest BCUT2D eigenvalue weighted by Crippen LogP contribution is -2.39. The minimum absolute atomic E-state index is 0. The quantitative estimate of drug-likeness (QED) is 0.735. The van der Waals surface area contributed by atoms with Crippen LogP contribution in [0, 0.1) is 11.8 Å². The maximum atomic E-state index is 11.2. The number of hydrogen-bond donors (Lipinski definition) is 1. The monoisotopic (exact) mass is 377 g/mol. The van der Waals surface area contributed by atoms with Crippen molar-refractivity contribution in [3.8, 4) is 0 Å². The van der Waals surface area contributed by atoms with Gasteiger partial charge in [-0.15, -0.1) is 12.4 Å². The van der Waals surface area contributed by atoms with Gasteiger partial charge < -0.3 is 10.0 Å². The normalized spacial score (nSPS) is 22.6. The first-order valence-corrected chi connectivity index (χ1v) is 9.94. The van der Waals surface area contributed by atoms with E-state index in [2.05, 4.69) is 41.3 Å². The number of carbonyl (C=O) groups is 1. The number of piperidine rings is 1. The summed E-state index contributed by atoms with van der Waals surface area (Å²) in [6.07, 6.45) is 12.0. The van der Waals surface area contributed by atoms with Crippen molar-refractivity contribution in [3.63, 3.8) is 0 Å². The Bertz CT molecular complexity index is 581.